The number of carbonyl (C=O) groups excluding carboxylic acids is 2. The normalized spacial score (nSPS) is 13.6. The van der Waals surface area contributed by atoms with Crippen LogP contribution in [-0.2, 0) is 23.8 Å². The number of halogens is 3. The molecule has 3 heterocycles. The molecule has 0 aliphatic heterocycles. The van der Waals surface area contributed by atoms with E-state index in [-0.39, 0.29) is 22.4 Å². The van der Waals surface area contributed by atoms with E-state index < -0.39 is 23.7 Å². The zero-order chi connectivity index (χ0) is 22.9. The fourth-order valence-electron chi connectivity index (χ4n) is 3.39. The maximum absolute atomic E-state index is 13.3. The van der Waals surface area contributed by atoms with E-state index >= 15 is 0 Å². The van der Waals surface area contributed by atoms with Gasteiger partial charge in [-0.3, -0.25) is 9.59 Å². The third kappa shape index (κ3) is 4.80. The molecule has 1 aliphatic carbocycles. The van der Waals surface area contributed by atoms with E-state index in [1.54, 1.807) is 0 Å². The largest absolute Gasteiger partial charge is 0.463 e. The number of hydrogen-bond acceptors (Lipinski definition) is 7. The Morgan fingerprint density at radius 1 is 1.25 bits per heavy atom. The zero-order valence-electron chi connectivity index (χ0n) is 16.5. The number of hydrogen-bond donors (Lipinski definition) is 2. The fraction of sp³-hybridized carbons (Fsp3) is 0.300. The Kier molecular flexibility index (Phi) is 6.24. The van der Waals surface area contributed by atoms with Crippen molar-refractivity contribution in [2.45, 2.75) is 37.0 Å². The summed E-state index contributed by atoms with van der Waals surface area (Å²) in [5.74, 6) is -1.22. The number of furan rings is 1. The molecule has 0 bridgehead atoms. The predicted molar refractivity (Wildman–Crippen MR) is 114 cm³/mol. The van der Waals surface area contributed by atoms with Gasteiger partial charge in [-0.05, 0) is 49.4 Å². The van der Waals surface area contributed by atoms with Crippen LogP contribution in [0.4, 0.5) is 18.2 Å². The number of nitrogens with one attached hydrogen (secondary N) is 1. The highest BCUT2D eigenvalue weighted by Gasteiger charge is 2.34. The second-order valence-corrected chi connectivity index (χ2v) is 9.06. The van der Waals surface area contributed by atoms with Crippen molar-refractivity contribution in [2.24, 2.45) is 5.73 Å². The minimum Gasteiger partial charge on any atom is -0.463 e. The SMILES string of the molecule is NC(=O)c1c(NC(=O)CSc2nc(-c3ccco3)cc(C(F)(F)F)n2)sc2c1CCCC2. The van der Waals surface area contributed by atoms with Crippen LogP contribution in [-0.4, -0.2) is 27.5 Å². The van der Waals surface area contributed by atoms with E-state index in [9.17, 15) is 22.8 Å². The maximum atomic E-state index is 13.3. The van der Waals surface area contributed by atoms with Gasteiger partial charge in [0.2, 0.25) is 5.91 Å². The van der Waals surface area contributed by atoms with Crippen molar-refractivity contribution in [1.29, 1.82) is 0 Å². The van der Waals surface area contributed by atoms with Gasteiger partial charge >= 0.3 is 6.18 Å². The monoisotopic (exact) mass is 482 g/mol. The van der Waals surface area contributed by atoms with Crippen LogP contribution in [0.25, 0.3) is 11.5 Å². The fourth-order valence-corrected chi connectivity index (χ4v) is 5.36. The molecule has 3 aromatic heterocycles. The molecule has 0 atom stereocenters. The van der Waals surface area contributed by atoms with Crippen LogP contribution >= 0.6 is 23.1 Å². The number of primary amides is 1. The number of amides is 2. The Morgan fingerprint density at radius 2 is 2.03 bits per heavy atom. The molecule has 32 heavy (non-hydrogen) atoms. The first-order valence-corrected chi connectivity index (χ1v) is 11.4. The molecular formula is C20H17F3N4O3S2. The van der Waals surface area contributed by atoms with Gasteiger partial charge in [0.05, 0.1) is 17.6 Å². The van der Waals surface area contributed by atoms with Crippen LogP contribution < -0.4 is 11.1 Å². The van der Waals surface area contributed by atoms with E-state index in [2.05, 4.69) is 15.3 Å². The molecule has 0 unspecified atom stereocenters. The number of alkyl halides is 3. The van der Waals surface area contributed by atoms with Gasteiger partial charge in [-0.25, -0.2) is 9.97 Å². The lowest BCUT2D eigenvalue weighted by molar-refractivity contribution is -0.141. The van der Waals surface area contributed by atoms with Crippen molar-refractivity contribution >= 4 is 39.9 Å². The molecule has 0 saturated heterocycles. The van der Waals surface area contributed by atoms with Gasteiger partial charge in [-0.1, -0.05) is 11.8 Å². The Balaban J connectivity index is 1.52. The Hall–Kier alpha value is -2.86. The number of thioether (sulfide) groups is 1. The van der Waals surface area contributed by atoms with E-state index in [0.717, 1.165) is 54.0 Å². The first-order chi connectivity index (χ1) is 15.2. The summed E-state index contributed by atoms with van der Waals surface area (Å²) >= 11 is 2.06. The number of thiophene rings is 1. The molecule has 168 valence electrons. The summed E-state index contributed by atoms with van der Waals surface area (Å²) in [7, 11) is 0. The van der Waals surface area contributed by atoms with Crippen molar-refractivity contribution < 1.29 is 27.2 Å². The summed E-state index contributed by atoms with van der Waals surface area (Å²) in [5.41, 5.74) is 5.54. The predicted octanol–water partition coefficient (Wildman–Crippen LogP) is 4.53. The number of aryl methyl sites for hydroxylation is 1. The molecule has 0 radical (unpaired) electrons. The molecule has 0 fully saturated rings. The molecule has 0 saturated carbocycles. The first kappa shape index (κ1) is 22.3. The number of rotatable bonds is 6. The van der Waals surface area contributed by atoms with Crippen LogP contribution in [0.15, 0.2) is 34.0 Å². The molecule has 0 spiro atoms. The average molecular weight is 483 g/mol. The minimum absolute atomic E-state index is 0.0396. The van der Waals surface area contributed by atoms with Crippen LogP contribution in [0.3, 0.4) is 0 Å². The summed E-state index contributed by atoms with van der Waals surface area (Å²) in [6.45, 7) is 0. The lowest BCUT2D eigenvalue weighted by Gasteiger charge is -2.11. The zero-order valence-corrected chi connectivity index (χ0v) is 18.1. The van der Waals surface area contributed by atoms with Crippen molar-refractivity contribution in [1.82, 2.24) is 9.97 Å². The third-order valence-corrected chi connectivity index (χ3v) is 6.83. The van der Waals surface area contributed by atoms with Crippen molar-refractivity contribution in [2.75, 3.05) is 11.1 Å². The van der Waals surface area contributed by atoms with Gasteiger partial charge in [0.1, 0.15) is 16.4 Å². The maximum Gasteiger partial charge on any atom is 0.433 e. The number of nitrogens with two attached hydrogens (primary N) is 1. The Bertz CT molecular complexity index is 1160. The Morgan fingerprint density at radius 3 is 2.72 bits per heavy atom. The quantitative estimate of drug-likeness (QED) is 0.395. The van der Waals surface area contributed by atoms with Gasteiger partial charge < -0.3 is 15.5 Å². The minimum atomic E-state index is -4.69. The van der Waals surface area contributed by atoms with Crippen molar-refractivity contribution in [3.8, 4) is 11.5 Å². The van der Waals surface area contributed by atoms with E-state index in [0.29, 0.717) is 10.6 Å². The third-order valence-electron chi connectivity index (χ3n) is 4.77. The second kappa shape index (κ2) is 8.94. The Labute approximate surface area is 188 Å². The summed E-state index contributed by atoms with van der Waals surface area (Å²) < 4.78 is 44.9. The lowest BCUT2D eigenvalue weighted by Crippen LogP contribution is -2.19. The smallest absolute Gasteiger partial charge is 0.433 e. The first-order valence-electron chi connectivity index (χ1n) is 9.59. The van der Waals surface area contributed by atoms with Crippen molar-refractivity contribution in [3.63, 3.8) is 0 Å². The van der Waals surface area contributed by atoms with Crippen LogP contribution in [0.1, 0.15) is 39.3 Å². The number of nitrogens with zero attached hydrogens (tertiary/aromatic N) is 2. The molecule has 1 aliphatic rings. The molecule has 0 aromatic carbocycles. The van der Waals surface area contributed by atoms with Gasteiger partial charge in [0, 0.05) is 4.88 Å². The average Bonchev–Trinajstić information content (AvgIpc) is 3.39. The van der Waals surface area contributed by atoms with E-state index in [1.165, 1.54) is 29.7 Å². The van der Waals surface area contributed by atoms with Gasteiger partial charge in [0.15, 0.2) is 10.9 Å². The number of carbonyl (C=O) groups is 2. The molecule has 3 aromatic rings. The van der Waals surface area contributed by atoms with E-state index in [1.807, 2.05) is 0 Å². The van der Waals surface area contributed by atoms with Crippen molar-refractivity contribution in [3.05, 3.63) is 46.2 Å². The number of fused-ring (bicyclic) bond motifs is 1. The topological polar surface area (TPSA) is 111 Å². The van der Waals surface area contributed by atoms with Gasteiger partial charge in [-0.15, -0.1) is 11.3 Å². The number of aromatic nitrogens is 2. The number of anilines is 1. The van der Waals surface area contributed by atoms with Gasteiger partial charge in [0.25, 0.3) is 5.91 Å². The van der Waals surface area contributed by atoms with Crippen LogP contribution in [0.5, 0.6) is 0 Å². The highest BCUT2D eigenvalue weighted by Crippen LogP contribution is 2.38. The van der Waals surface area contributed by atoms with Crippen LogP contribution in [0.2, 0.25) is 0 Å². The second-order valence-electron chi connectivity index (χ2n) is 7.01. The van der Waals surface area contributed by atoms with E-state index in [4.69, 9.17) is 10.2 Å². The molecule has 4 rings (SSSR count). The molecule has 2 amide bonds. The highest BCUT2D eigenvalue weighted by atomic mass is 32.2. The molecule has 3 N–H and O–H groups in total. The summed E-state index contributed by atoms with van der Waals surface area (Å²) in [5, 5.41) is 2.82. The van der Waals surface area contributed by atoms with Gasteiger partial charge in [-0.2, -0.15) is 13.2 Å². The summed E-state index contributed by atoms with van der Waals surface area (Å²) in [6.07, 6.45) is 0.120. The summed E-state index contributed by atoms with van der Waals surface area (Å²) in [4.78, 5) is 33.1. The summed E-state index contributed by atoms with van der Waals surface area (Å²) in [6, 6.07) is 3.80. The van der Waals surface area contributed by atoms with Crippen LogP contribution in [0, 0.1) is 0 Å². The molecule has 12 heteroatoms. The molecule has 7 nitrogen and oxygen atoms in total. The lowest BCUT2D eigenvalue weighted by atomic mass is 9.95. The highest BCUT2D eigenvalue weighted by molar-refractivity contribution is 7.99. The standard InChI is InChI=1S/C20H17F3N4O3S2/c21-20(22,23)14-8-11(12-5-3-7-30-12)25-19(26-14)31-9-15(28)27-18-16(17(24)29)10-4-1-2-6-13(10)32-18/h3,5,7-8H,1-2,4,6,9H2,(H2,24,29)(H,27,28). The molecular weight excluding hydrogens is 465 g/mol.